The fraction of sp³-hybridized carbons (Fsp3) is 0. The maximum absolute atomic E-state index is 3.82. The predicted octanol–water partition coefficient (Wildman–Crippen LogP) is 3.15. The molecule has 0 saturated heterocycles. The zero-order valence-corrected chi connectivity index (χ0v) is 6.51. The van der Waals surface area contributed by atoms with Crippen molar-refractivity contribution in [1.82, 2.24) is 0 Å². The molecule has 0 saturated carbocycles. The lowest BCUT2D eigenvalue weighted by atomic mass is 10.0. The van der Waals surface area contributed by atoms with Crippen molar-refractivity contribution in [3.63, 3.8) is 0 Å². The summed E-state index contributed by atoms with van der Waals surface area (Å²) < 4.78 is 0. The van der Waals surface area contributed by atoms with E-state index in [-0.39, 0.29) is 0 Å². The molecule has 0 spiro atoms. The van der Waals surface area contributed by atoms with Gasteiger partial charge in [0, 0.05) is 0 Å². The molecule has 1 radical (unpaired) electrons. The highest BCUT2D eigenvalue weighted by atomic mass is 14.0. The molecule has 0 nitrogen and oxygen atoms in total. The highest BCUT2D eigenvalue weighted by molar-refractivity contribution is 5.64. The van der Waals surface area contributed by atoms with Crippen LogP contribution < -0.4 is 0 Å². The molecular formula is C11H11. The third-order valence-corrected chi connectivity index (χ3v) is 1.59. The van der Waals surface area contributed by atoms with Gasteiger partial charge in [0.15, 0.2) is 0 Å². The first-order valence-corrected chi connectivity index (χ1v) is 3.49. The lowest BCUT2D eigenvalue weighted by Crippen LogP contribution is -1.80. The standard InChI is InChI=1S/C11H11/c1-4-10-7-6-9(3)8-11(10)5-2/h4-8H,1-3H2. The highest BCUT2D eigenvalue weighted by Crippen LogP contribution is 2.13. The Labute approximate surface area is 67.9 Å². The summed E-state index contributed by atoms with van der Waals surface area (Å²) in [5.41, 5.74) is 3.20. The Morgan fingerprint density at radius 3 is 2.18 bits per heavy atom. The van der Waals surface area contributed by atoms with Gasteiger partial charge in [-0.2, -0.15) is 0 Å². The van der Waals surface area contributed by atoms with Gasteiger partial charge in [0.05, 0.1) is 0 Å². The number of rotatable bonds is 2. The van der Waals surface area contributed by atoms with Gasteiger partial charge in [0.1, 0.15) is 0 Å². The van der Waals surface area contributed by atoms with E-state index in [1.807, 2.05) is 30.4 Å². The Morgan fingerprint density at radius 1 is 1.00 bits per heavy atom. The Hall–Kier alpha value is -1.30. The first-order valence-electron chi connectivity index (χ1n) is 3.49. The average molecular weight is 143 g/mol. The fourth-order valence-electron chi connectivity index (χ4n) is 0.987. The Balaban J connectivity index is 3.26. The molecule has 1 aromatic rings. The third-order valence-electron chi connectivity index (χ3n) is 1.59. The van der Waals surface area contributed by atoms with E-state index in [1.54, 1.807) is 0 Å². The number of benzene rings is 1. The lowest BCUT2D eigenvalue weighted by Gasteiger charge is -2.00. The number of hydrogen-bond donors (Lipinski definition) is 0. The molecule has 0 heteroatoms. The van der Waals surface area contributed by atoms with Crippen LogP contribution in [0.25, 0.3) is 12.2 Å². The molecule has 11 heavy (non-hydrogen) atoms. The maximum Gasteiger partial charge on any atom is -0.0187 e. The minimum absolute atomic E-state index is 1.01. The van der Waals surface area contributed by atoms with E-state index < -0.39 is 0 Å². The summed E-state index contributed by atoms with van der Waals surface area (Å²) in [5.74, 6) is 0. The molecule has 0 N–H and O–H groups in total. The molecule has 1 aromatic carbocycles. The Kier molecular flexibility index (Phi) is 2.27. The van der Waals surface area contributed by atoms with Crippen molar-refractivity contribution in [2.75, 3.05) is 0 Å². The second kappa shape index (κ2) is 3.20. The molecule has 0 atom stereocenters. The van der Waals surface area contributed by atoms with Crippen LogP contribution in [0.15, 0.2) is 31.4 Å². The molecule has 55 valence electrons. The van der Waals surface area contributed by atoms with Crippen molar-refractivity contribution < 1.29 is 0 Å². The minimum Gasteiger partial charge on any atom is -0.0984 e. The second-order valence-corrected chi connectivity index (χ2v) is 2.37. The predicted molar refractivity (Wildman–Crippen MR) is 51.1 cm³/mol. The molecule has 0 aliphatic heterocycles. The first-order chi connectivity index (χ1) is 5.27. The fourth-order valence-corrected chi connectivity index (χ4v) is 0.987. The van der Waals surface area contributed by atoms with Crippen LogP contribution in [0, 0.1) is 6.92 Å². The molecule has 0 aromatic heterocycles. The Morgan fingerprint density at radius 2 is 1.64 bits per heavy atom. The van der Waals surface area contributed by atoms with Crippen molar-refractivity contribution in [2.45, 2.75) is 0 Å². The van der Waals surface area contributed by atoms with E-state index in [2.05, 4.69) is 20.1 Å². The van der Waals surface area contributed by atoms with Gasteiger partial charge in [-0.05, 0) is 23.6 Å². The van der Waals surface area contributed by atoms with Crippen molar-refractivity contribution in [3.8, 4) is 0 Å². The molecule has 0 bridgehead atoms. The monoisotopic (exact) mass is 143 g/mol. The van der Waals surface area contributed by atoms with Crippen LogP contribution in [0.3, 0.4) is 0 Å². The van der Waals surface area contributed by atoms with Crippen LogP contribution in [0.4, 0.5) is 0 Å². The number of hydrogen-bond acceptors (Lipinski definition) is 0. The molecule has 0 heterocycles. The van der Waals surface area contributed by atoms with Crippen LogP contribution in [0.5, 0.6) is 0 Å². The molecule has 0 amide bonds. The topological polar surface area (TPSA) is 0 Å². The Bertz CT molecular complexity index is 282. The van der Waals surface area contributed by atoms with Gasteiger partial charge >= 0.3 is 0 Å². The molecule has 1 rings (SSSR count). The summed E-state index contributed by atoms with van der Waals surface area (Å²) in [6.07, 6.45) is 3.63. The van der Waals surface area contributed by atoms with Gasteiger partial charge in [-0.1, -0.05) is 43.5 Å². The van der Waals surface area contributed by atoms with E-state index in [4.69, 9.17) is 0 Å². The zero-order chi connectivity index (χ0) is 8.27. The molecule has 0 fully saturated rings. The first kappa shape index (κ1) is 7.80. The third kappa shape index (κ3) is 1.58. The summed E-state index contributed by atoms with van der Waals surface area (Å²) in [4.78, 5) is 0. The second-order valence-electron chi connectivity index (χ2n) is 2.37. The maximum atomic E-state index is 3.82. The smallest absolute Gasteiger partial charge is 0.0187 e. The summed E-state index contributed by atoms with van der Waals surface area (Å²) in [7, 11) is 0. The minimum atomic E-state index is 1.01. The van der Waals surface area contributed by atoms with Crippen LogP contribution in [0.2, 0.25) is 0 Å². The van der Waals surface area contributed by atoms with E-state index in [1.165, 1.54) is 0 Å². The largest absolute Gasteiger partial charge is 0.0984 e. The van der Waals surface area contributed by atoms with Crippen molar-refractivity contribution in [2.24, 2.45) is 0 Å². The van der Waals surface area contributed by atoms with Crippen LogP contribution in [-0.2, 0) is 0 Å². The molecule has 0 aliphatic rings. The van der Waals surface area contributed by atoms with Crippen LogP contribution in [-0.4, -0.2) is 0 Å². The van der Waals surface area contributed by atoms with Crippen molar-refractivity contribution >= 4 is 12.2 Å². The van der Waals surface area contributed by atoms with Crippen LogP contribution in [0.1, 0.15) is 16.7 Å². The van der Waals surface area contributed by atoms with Gasteiger partial charge in [0.2, 0.25) is 0 Å². The van der Waals surface area contributed by atoms with Crippen molar-refractivity contribution in [3.05, 3.63) is 55.0 Å². The van der Waals surface area contributed by atoms with E-state index in [9.17, 15) is 0 Å². The highest BCUT2D eigenvalue weighted by Gasteiger charge is 1.93. The van der Waals surface area contributed by atoms with Gasteiger partial charge in [-0.15, -0.1) is 0 Å². The van der Waals surface area contributed by atoms with Gasteiger partial charge in [-0.25, -0.2) is 0 Å². The quantitative estimate of drug-likeness (QED) is 0.596. The van der Waals surface area contributed by atoms with Crippen molar-refractivity contribution in [1.29, 1.82) is 0 Å². The summed E-state index contributed by atoms with van der Waals surface area (Å²) in [6, 6.07) is 5.94. The summed E-state index contributed by atoms with van der Waals surface area (Å²) >= 11 is 0. The van der Waals surface area contributed by atoms with Gasteiger partial charge < -0.3 is 0 Å². The summed E-state index contributed by atoms with van der Waals surface area (Å²) in [6.45, 7) is 11.2. The van der Waals surface area contributed by atoms with Crippen LogP contribution >= 0.6 is 0 Å². The molecule has 0 aliphatic carbocycles. The van der Waals surface area contributed by atoms with Gasteiger partial charge in [-0.3, -0.25) is 0 Å². The SMILES string of the molecule is [CH2]c1ccc(C=C)c(C=C)c1. The van der Waals surface area contributed by atoms with E-state index in [0.717, 1.165) is 16.7 Å². The lowest BCUT2D eigenvalue weighted by molar-refractivity contribution is 1.55. The van der Waals surface area contributed by atoms with E-state index >= 15 is 0 Å². The summed E-state index contributed by atoms with van der Waals surface area (Å²) in [5, 5.41) is 0. The molecular weight excluding hydrogens is 132 g/mol. The normalized spacial score (nSPS) is 9.18. The zero-order valence-electron chi connectivity index (χ0n) is 6.51. The molecule has 0 unspecified atom stereocenters. The van der Waals surface area contributed by atoms with E-state index in [0.29, 0.717) is 0 Å². The average Bonchev–Trinajstić information content (AvgIpc) is 2.04. The van der Waals surface area contributed by atoms with Gasteiger partial charge in [0.25, 0.3) is 0 Å².